The fraction of sp³-hybridized carbons (Fsp3) is 0.921. The quantitative estimate of drug-likeness (QED) is 0.133. The first-order valence-corrected chi connectivity index (χ1v) is 19.4. The zero-order valence-corrected chi connectivity index (χ0v) is 30.8. The molecule has 0 unspecified atom stereocenters. The first-order valence-electron chi connectivity index (χ1n) is 19.4. The third-order valence-electron chi connectivity index (χ3n) is 14.3. The van der Waals surface area contributed by atoms with E-state index < -0.39 is 85.6 Å². The molecule has 6 rings (SSSR count). The van der Waals surface area contributed by atoms with Gasteiger partial charge < -0.3 is 64.9 Å². The predicted molar refractivity (Wildman–Crippen MR) is 183 cm³/mol. The molecule has 6 aliphatic rings. The third kappa shape index (κ3) is 7.19. The number of carbonyl (C=O) groups excluding carboxylic acids is 1. The van der Waals surface area contributed by atoms with Gasteiger partial charge in [-0.3, -0.25) is 4.79 Å². The zero-order chi connectivity index (χ0) is 37.9. The summed E-state index contributed by atoms with van der Waals surface area (Å²) in [7, 11) is 0. The third-order valence-corrected chi connectivity index (χ3v) is 14.3. The molecular weight excluding hydrogens is 680 g/mol. The summed E-state index contributed by atoms with van der Waals surface area (Å²) in [6.07, 6.45) is -8.82. The number of hydrogen-bond acceptors (Lipinski definition) is 14. The van der Waals surface area contributed by atoms with Crippen molar-refractivity contribution in [1.29, 1.82) is 0 Å². The molecule has 4 aliphatic carbocycles. The highest BCUT2D eigenvalue weighted by Crippen LogP contribution is 2.68. The minimum absolute atomic E-state index is 0.0151. The standard InChI is InChI=1S/C38H62O14/c1-17(14-39)5-8-23(42)18(2)28-26(12-22-21-7-6-19-11-20(41)9-10-37(19,3)29(21)24(43)13-38(22,28)4)50-35-33(48)34(25(44)16-49-35)52-36-32(47)31(46)30(45)27(15-40)51-36/h11,17-18,21-36,39-40,42-48H,5-10,12-16H2,1-4H3/t17-,18+,21-,22-,23+,24+,25+,26-,27+,28-,29+,30+,31-,32+,33+,34-,35-,36-,37-,38-/m0/s1. The Morgan fingerprint density at radius 2 is 1.65 bits per heavy atom. The maximum atomic E-state index is 12.4. The molecule has 0 aromatic heterocycles. The van der Waals surface area contributed by atoms with Gasteiger partial charge in [-0.1, -0.05) is 33.3 Å². The van der Waals surface area contributed by atoms with Gasteiger partial charge >= 0.3 is 0 Å². The van der Waals surface area contributed by atoms with Crippen molar-refractivity contribution in [2.45, 2.75) is 153 Å². The van der Waals surface area contributed by atoms with Crippen LogP contribution >= 0.6 is 0 Å². The van der Waals surface area contributed by atoms with Gasteiger partial charge in [-0.15, -0.1) is 0 Å². The van der Waals surface area contributed by atoms with Crippen molar-refractivity contribution in [3.8, 4) is 0 Å². The van der Waals surface area contributed by atoms with Crippen LogP contribution in [0.1, 0.15) is 79.1 Å². The lowest BCUT2D eigenvalue weighted by atomic mass is 9.45. The van der Waals surface area contributed by atoms with E-state index in [0.29, 0.717) is 38.5 Å². The fourth-order valence-electron chi connectivity index (χ4n) is 11.4. The van der Waals surface area contributed by atoms with E-state index >= 15 is 0 Å². The van der Waals surface area contributed by atoms with Crippen molar-refractivity contribution in [3.05, 3.63) is 11.6 Å². The first kappa shape index (κ1) is 40.6. The van der Waals surface area contributed by atoms with Crippen LogP contribution in [0.15, 0.2) is 11.6 Å². The van der Waals surface area contributed by atoms with Gasteiger partial charge in [-0.25, -0.2) is 0 Å². The number of aliphatic hydroxyl groups is 9. The van der Waals surface area contributed by atoms with E-state index in [2.05, 4.69) is 13.8 Å². The normalized spacial score (nSPS) is 49.7. The summed E-state index contributed by atoms with van der Waals surface area (Å²) in [4.78, 5) is 12.4. The zero-order valence-electron chi connectivity index (χ0n) is 30.8. The molecule has 3 saturated carbocycles. The molecule has 0 bridgehead atoms. The Bertz CT molecular complexity index is 1280. The van der Waals surface area contributed by atoms with Crippen LogP contribution in [0, 0.1) is 46.3 Å². The van der Waals surface area contributed by atoms with Crippen LogP contribution in [-0.4, -0.2) is 145 Å². The summed E-state index contributed by atoms with van der Waals surface area (Å²) in [5, 5.41) is 96.4. The van der Waals surface area contributed by atoms with E-state index in [-0.39, 0.29) is 59.9 Å². The molecule has 0 amide bonds. The number of fused-ring (bicyclic) bond motifs is 5. The number of rotatable bonds is 11. The Hall–Kier alpha value is -1.11. The Balaban J connectivity index is 1.26. The number of carbonyl (C=O) groups is 1. The van der Waals surface area contributed by atoms with Crippen LogP contribution in [-0.2, 0) is 23.7 Å². The maximum absolute atomic E-state index is 12.4. The number of allylic oxidation sites excluding steroid dienone is 1. The lowest BCUT2D eigenvalue weighted by Gasteiger charge is -2.60. The summed E-state index contributed by atoms with van der Waals surface area (Å²) in [5.74, 6) is -0.263. The van der Waals surface area contributed by atoms with Crippen molar-refractivity contribution in [3.63, 3.8) is 0 Å². The Morgan fingerprint density at radius 1 is 0.923 bits per heavy atom. The van der Waals surface area contributed by atoms with Crippen molar-refractivity contribution in [2.75, 3.05) is 19.8 Å². The smallest absolute Gasteiger partial charge is 0.187 e. The highest BCUT2D eigenvalue weighted by Gasteiger charge is 2.66. The molecule has 14 heteroatoms. The predicted octanol–water partition coefficient (Wildman–Crippen LogP) is -0.231. The minimum atomic E-state index is -1.74. The summed E-state index contributed by atoms with van der Waals surface area (Å²) < 4.78 is 23.9. The molecule has 0 spiro atoms. The van der Waals surface area contributed by atoms with E-state index in [0.717, 1.165) is 18.4 Å². The minimum Gasteiger partial charge on any atom is -0.396 e. The van der Waals surface area contributed by atoms with Gasteiger partial charge in [-0.05, 0) is 97.4 Å². The highest BCUT2D eigenvalue weighted by atomic mass is 16.7. The molecule has 298 valence electrons. The summed E-state index contributed by atoms with van der Waals surface area (Å²) in [5.41, 5.74) is 0.354. The second-order valence-electron chi connectivity index (χ2n) is 17.5. The number of hydrogen-bond donors (Lipinski definition) is 9. The lowest BCUT2D eigenvalue weighted by Crippen LogP contribution is -2.63. The van der Waals surface area contributed by atoms with Crippen LogP contribution in [0.3, 0.4) is 0 Å². The van der Waals surface area contributed by atoms with E-state index in [1.807, 2.05) is 13.8 Å². The lowest BCUT2D eigenvalue weighted by molar-refractivity contribution is -0.353. The molecule has 5 fully saturated rings. The van der Waals surface area contributed by atoms with Gasteiger partial charge in [0, 0.05) is 13.0 Å². The van der Waals surface area contributed by atoms with Gasteiger partial charge in [0.1, 0.15) is 42.7 Å². The summed E-state index contributed by atoms with van der Waals surface area (Å²) >= 11 is 0. The molecule has 2 aliphatic heterocycles. The Kier molecular flexibility index (Phi) is 12.3. The number of ketones is 1. The van der Waals surface area contributed by atoms with E-state index in [4.69, 9.17) is 18.9 Å². The van der Waals surface area contributed by atoms with Crippen molar-refractivity contribution >= 4 is 5.78 Å². The SMILES string of the molecule is C[C@H](CO)CC[C@@H](O)[C@@H](C)[C@H]1[C@@H](O[C@@H]2OC[C@@H](O)[C@H](O[C@@H]3O[C@H](CO)[C@@H](O)[C@H](O)[C@H]3O)[C@H]2O)C[C@H]2[C@@H]3CCC4=CC(=O)CC[C@]4(C)[C@H]3[C@H](O)C[C@]12C. The molecule has 0 aromatic rings. The van der Waals surface area contributed by atoms with Crippen LogP contribution in [0.4, 0.5) is 0 Å². The average Bonchev–Trinajstić information content (AvgIpc) is 3.40. The number of ether oxygens (including phenoxy) is 4. The average molecular weight is 743 g/mol. The van der Waals surface area contributed by atoms with Crippen LogP contribution in [0.25, 0.3) is 0 Å². The highest BCUT2D eigenvalue weighted by molar-refractivity contribution is 5.91. The second kappa shape index (κ2) is 15.8. The van der Waals surface area contributed by atoms with Crippen LogP contribution in [0.5, 0.6) is 0 Å². The van der Waals surface area contributed by atoms with Gasteiger partial charge in [0.2, 0.25) is 0 Å². The van der Waals surface area contributed by atoms with Gasteiger partial charge in [0.15, 0.2) is 18.4 Å². The van der Waals surface area contributed by atoms with Crippen molar-refractivity contribution in [1.82, 2.24) is 0 Å². The Labute approximate surface area is 305 Å². The van der Waals surface area contributed by atoms with E-state index in [1.165, 1.54) is 0 Å². The maximum Gasteiger partial charge on any atom is 0.187 e. The fourth-order valence-corrected chi connectivity index (χ4v) is 11.4. The van der Waals surface area contributed by atoms with Crippen molar-refractivity contribution in [2.24, 2.45) is 46.3 Å². The molecule has 52 heavy (non-hydrogen) atoms. The van der Waals surface area contributed by atoms with Gasteiger partial charge in [-0.2, -0.15) is 0 Å². The Morgan fingerprint density at radius 3 is 2.35 bits per heavy atom. The molecular formula is C38H62O14. The molecule has 9 N–H and O–H groups in total. The van der Waals surface area contributed by atoms with Gasteiger partial charge in [0.25, 0.3) is 0 Å². The molecule has 20 atom stereocenters. The van der Waals surface area contributed by atoms with Gasteiger partial charge in [0.05, 0.1) is 31.5 Å². The summed E-state index contributed by atoms with van der Waals surface area (Å²) in [6.45, 7) is 7.33. The molecule has 2 heterocycles. The largest absolute Gasteiger partial charge is 0.396 e. The molecule has 0 radical (unpaired) electrons. The molecule has 0 aromatic carbocycles. The molecule has 14 nitrogen and oxygen atoms in total. The first-order chi connectivity index (χ1) is 24.5. The second-order valence-corrected chi connectivity index (χ2v) is 17.5. The monoisotopic (exact) mass is 742 g/mol. The van der Waals surface area contributed by atoms with Crippen molar-refractivity contribution < 1.29 is 69.7 Å². The van der Waals surface area contributed by atoms with E-state index in [1.54, 1.807) is 6.08 Å². The number of aliphatic hydroxyl groups excluding tert-OH is 9. The topological polar surface area (TPSA) is 236 Å². The van der Waals surface area contributed by atoms with Crippen LogP contribution < -0.4 is 0 Å². The summed E-state index contributed by atoms with van der Waals surface area (Å²) in [6, 6.07) is 0. The van der Waals surface area contributed by atoms with E-state index in [9.17, 15) is 50.8 Å². The molecule has 2 saturated heterocycles. The van der Waals surface area contributed by atoms with Crippen LogP contribution in [0.2, 0.25) is 0 Å².